The van der Waals surface area contributed by atoms with Crippen LogP contribution in [0.15, 0.2) is 44.1 Å². The second-order valence-corrected chi connectivity index (χ2v) is 6.27. The molecule has 0 amide bonds. The molecule has 9 heteroatoms. The van der Waals surface area contributed by atoms with Gasteiger partial charge in [-0.15, -0.1) is 5.11 Å². The minimum Gasteiger partial charge on any atom is -0.382 e. The van der Waals surface area contributed by atoms with Crippen molar-refractivity contribution in [2.24, 2.45) is 17.3 Å². The van der Waals surface area contributed by atoms with E-state index in [9.17, 15) is 9.59 Å². The standard InChI is InChI=1S/C18H25N7O2/c1-4-24(5-2)11-10-19-13-8-6-7-9-14(13)25-12-20-22-16-15(25)17(26)23(3)18(27)21-16/h6-9,19H,4-5,10-12H2,1-3H3,(H,21,27). The number of aromatic nitrogens is 2. The average Bonchev–Trinajstić information content (AvgIpc) is 2.69. The van der Waals surface area contributed by atoms with E-state index in [0.29, 0.717) is 5.69 Å². The summed E-state index contributed by atoms with van der Waals surface area (Å²) in [5, 5.41) is 11.5. The molecular weight excluding hydrogens is 346 g/mol. The number of hydrogen-bond acceptors (Lipinski definition) is 7. The Hall–Kier alpha value is -2.94. The van der Waals surface area contributed by atoms with Gasteiger partial charge in [0.25, 0.3) is 5.56 Å². The van der Waals surface area contributed by atoms with Gasteiger partial charge in [0.1, 0.15) is 6.67 Å². The highest BCUT2D eigenvalue weighted by Crippen LogP contribution is 2.36. The third kappa shape index (κ3) is 3.77. The van der Waals surface area contributed by atoms with Crippen molar-refractivity contribution in [1.82, 2.24) is 14.5 Å². The fourth-order valence-corrected chi connectivity index (χ4v) is 3.09. The fraction of sp³-hybridized carbons (Fsp3) is 0.444. The van der Waals surface area contributed by atoms with E-state index in [1.807, 2.05) is 24.3 Å². The Morgan fingerprint density at radius 2 is 1.96 bits per heavy atom. The van der Waals surface area contributed by atoms with E-state index in [1.54, 1.807) is 4.90 Å². The van der Waals surface area contributed by atoms with Crippen molar-refractivity contribution < 1.29 is 0 Å². The second-order valence-electron chi connectivity index (χ2n) is 6.27. The molecule has 1 aromatic carbocycles. The van der Waals surface area contributed by atoms with Crippen molar-refractivity contribution in [3.05, 3.63) is 45.1 Å². The zero-order valence-corrected chi connectivity index (χ0v) is 15.9. The van der Waals surface area contributed by atoms with E-state index in [0.717, 1.165) is 42.1 Å². The smallest absolute Gasteiger partial charge is 0.329 e. The monoisotopic (exact) mass is 371 g/mol. The van der Waals surface area contributed by atoms with Gasteiger partial charge < -0.3 is 15.1 Å². The lowest BCUT2D eigenvalue weighted by atomic mass is 10.2. The normalized spacial score (nSPS) is 13.1. The van der Waals surface area contributed by atoms with Crippen LogP contribution in [0.5, 0.6) is 0 Å². The summed E-state index contributed by atoms with van der Waals surface area (Å²) >= 11 is 0. The molecule has 1 aliphatic rings. The molecule has 1 aromatic heterocycles. The molecule has 0 unspecified atom stereocenters. The molecule has 9 nitrogen and oxygen atoms in total. The Morgan fingerprint density at radius 1 is 1.22 bits per heavy atom. The Balaban J connectivity index is 1.93. The molecule has 3 rings (SSSR count). The molecule has 0 fully saturated rings. The Kier molecular flexibility index (Phi) is 5.70. The number of fused-ring (bicyclic) bond motifs is 1. The highest BCUT2D eigenvalue weighted by molar-refractivity contribution is 5.80. The van der Waals surface area contributed by atoms with Gasteiger partial charge in [0, 0.05) is 20.1 Å². The van der Waals surface area contributed by atoms with E-state index in [-0.39, 0.29) is 12.5 Å². The molecule has 2 aromatic rings. The van der Waals surface area contributed by atoms with Crippen molar-refractivity contribution in [2.75, 3.05) is 43.1 Å². The van der Waals surface area contributed by atoms with Gasteiger partial charge in [-0.2, -0.15) is 5.11 Å². The summed E-state index contributed by atoms with van der Waals surface area (Å²) in [6.07, 6.45) is 0. The van der Waals surface area contributed by atoms with Gasteiger partial charge >= 0.3 is 5.69 Å². The Labute approximate surface area is 157 Å². The van der Waals surface area contributed by atoms with Crippen molar-refractivity contribution >= 4 is 22.9 Å². The fourth-order valence-electron chi connectivity index (χ4n) is 3.09. The molecule has 144 valence electrons. The molecule has 0 radical (unpaired) electrons. The Morgan fingerprint density at radius 3 is 2.70 bits per heavy atom. The van der Waals surface area contributed by atoms with Crippen LogP contribution in [0.3, 0.4) is 0 Å². The zero-order chi connectivity index (χ0) is 19.4. The van der Waals surface area contributed by atoms with Crippen molar-refractivity contribution in [1.29, 1.82) is 0 Å². The van der Waals surface area contributed by atoms with Gasteiger partial charge in [0.2, 0.25) is 0 Å². The van der Waals surface area contributed by atoms with Gasteiger partial charge in [-0.25, -0.2) is 4.79 Å². The van der Waals surface area contributed by atoms with E-state index >= 15 is 0 Å². The number of aromatic amines is 1. The largest absolute Gasteiger partial charge is 0.382 e. The number of likely N-dealkylation sites (N-methyl/N-ethyl adjacent to an activating group) is 1. The summed E-state index contributed by atoms with van der Waals surface area (Å²) in [6, 6.07) is 7.75. The first kappa shape index (κ1) is 18.8. The van der Waals surface area contributed by atoms with E-state index in [1.165, 1.54) is 7.05 Å². The summed E-state index contributed by atoms with van der Waals surface area (Å²) in [4.78, 5) is 31.3. The second kappa shape index (κ2) is 8.17. The zero-order valence-electron chi connectivity index (χ0n) is 15.9. The third-order valence-electron chi connectivity index (χ3n) is 4.74. The molecule has 2 N–H and O–H groups in total. The first-order chi connectivity index (χ1) is 13.1. The molecule has 0 saturated heterocycles. The highest BCUT2D eigenvalue weighted by Gasteiger charge is 2.25. The minimum absolute atomic E-state index is 0.187. The van der Waals surface area contributed by atoms with Gasteiger partial charge in [-0.1, -0.05) is 26.0 Å². The van der Waals surface area contributed by atoms with Crippen molar-refractivity contribution in [3.8, 4) is 0 Å². The maximum absolute atomic E-state index is 12.7. The van der Waals surface area contributed by atoms with Crippen LogP contribution in [0.4, 0.5) is 22.9 Å². The van der Waals surface area contributed by atoms with E-state index in [4.69, 9.17) is 0 Å². The number of para-hydroxylation sites is 2. The van der Waals surface area contributed by atoms with Crippen LogP contribution in [0.1, 0.15) is 13.8 Å². The minimum atomic E-state index is -0.509. The molecular formula is C18H25N7O2. The molecule has 2 heterocycles. The summed E-state index contributed by atoms with van der Waals surface area (Å²) in [7, 11) is 1.44. The maximum atomic E-state index is 12.7. The highest BCUT2D eigenvalue weighted by atomic mass is 16.2. The summed E-state index contributed by atoms with van der Waals surface area (Å²) in [5.41, 5.74) is 1.14. The molecule has 0 atom stereocenters. The lowest BCUT2D eigenvalue weighted by Gasteiger charge is -2.28. The molecule has 0 saturated carbocycles. The van der Waals surface area contributed by atoms with Crippen LogP contribution in [0.25, 0.3) is 0 Å². The number of rotatable bonds is 7. The van der Waals surface area contributed by atoms with Crippen LogP contribution in [0.2, 0.25) is 0 Å². The molecule has 0 spiro atoms. The van der Waals surface area contributed by atoms with Gasteiger partial charge in [-0.05, 0) is 25.2 Å². The lowest BCUT2D eigenvalue weighted by molar-refractivity contribution is 0.316. The van der Waals surface area contributed by atoms with Gasteiger partial charge in [0.05, 0.1) is 11.4 Å². The maximum Gasteiger partial charge on any atom is 0.329 e. The van der Waals surface area contributed by atoms with Gasteiger partial charge in [-0.3, -0.25) is 14.3 Å². The lowest BCUT2D eigenvalue weighted by Crippen LogP contribution is -2.38. The third-order valence-corrected chi connectivity index (χ3v) is 4.74. The number of hydrogen-bond donors (Lipinski definition) is 2. The van der Waals surface area contributed by atoms with Gasteiger partial charge in [0.15, 0.2) is 11.5 Å². The SMILES string of the molecule is CCN(CC)CCNc1ccccc1N1CN=Nc2[nH]c(=O)n(C)c(=O)c21. The van der Waals surface area contributed by atoms with Crippen LogP contribution in [-0.4, -0.2) is 47.3 Å². The summed E-state index contributed by atoms with van der Waals surface area (Å²) in [6.45, 7) is 8.21. The number of anilines is 3. The number of nitrogens with one attached hydrogen (secondary N) is 2. The predicted molar refractivity (Wildman–Crippen MR) is 107 cm³/mol. The Bertz CT molecular complexity index is 943. The van der Waals surface area contributed by atoms with Crippen molar-refractivity contribution in [2.45, 2.75) is 13.8 Å². The topological polar surface area (TPSA) is 98.1 Å². The average molecular weight is 371 g/mol. The number of H-pyrrole nitrogens is 1. The quantitative estimate of drug-likeness (QED) is 0.776. The van der Waals surface area contributed by atoms with Crippen LogP contribution >= 0.6 is 0 Å². The van der Waals surface area contributed by atoms with Crippen LogP contribution in [-0.2, 0) is 7.05 Å². The molecule has 0 bridgehead atoms. The van der Waals surface area contributed by atoms with E-state index < -0.39 is 11.2 Å². The first-order valence-corrected chi connectivity index (χ1v) is 9.10. The predicted octanol–water partition coefficient (Wildman–Crippen LogP) is 2.02. The summed E-state index contributed by atoms with van der Waals surface area (Å²) < 4.78 is 1.04. The van der Waals surface area contributed by atoms with Crippen molar-refractivity contribution in [3.63, 3.8) is 0 Å². The first-order valence-electron chi connectivity index (χ1n) is 9.10. The molecule has 27 heavy (non-hydrogen) atoms. The van der Waals surface area contributed by atoms with Crippen LogP contribution in [0, 0.1) is 0 Å². The molecule has 0 aliphatic carbocycles. The number of benzene rings is 1. The van der Waals surface area contributed by atoms with Crippen LogP contribution < -0.4 is 21.5 Å². The molecule has 1 aliphatic heterocycles. The number of nitrogens with zero attached hydrogens (tertiary/aromatic N) is 5. The number of azo groups is 1. The summed E-state index contributed by atoms with van der Waals surface area (Å²) in [5.74, 6) is 0.187. The van der Waals surface area contributed by atoms with E-state index in [2.05, 4.69) is 39.3 Å².